The van der Waals surface area contributed by atoms with E-state index in [1.54, 1.807) is 0 Å². The highest BCUT2D eigenvalue weighted by atomic mass is 16.5. The molecule has 0 bridgehead atoms. The van der Waals surface area contributed by atoms with Gasteiger partial charge in [-0.25, -0.2) is 4.74 Å². The van der Waals surface area contributed by atoms with Crippen LogP contribution in [-0.4, -0.2) is 17.5 Å². The molecular weight excluding hydrogens is 162 g/mol. The van der Waals surface area contributed by atoms with Gasteiger partial charge in [0.15, 0.2) is 12.8 Å². The highest BCUT2D eigenvalue weighted by molar-refractivity contribution is 5.64. The molecule has 0 saturated heterocycles. The van der Waals surface area contributed by atoms with Gasteiger partial charge in [-0.2, -0.15) is 0 Å². The van der Waals surface area contributed by atoms with Crippen LogP contribution in [-0.2, 0) is 0 Å². The lowest BCUT2D eigenvalue weighted by Crippen LogP contribution is -2.44. The lowest BCUT2D eigenvalue weighted by molar-refractivity contribution is -0.506. The number of rotatable bonds is 6. The average Bonchev–Trinajstić information content (AvgIpc) is 2.08. The second-order valence-corrected chi connectivity index (χ2v) is 4.27. The van der Waals surface area contributed by atoms with E-state index in [1.165, 1.54) is 38.5 Å². The standard InChI is InChI=1S/C11H21NO/c1-3-5-7-11(8-6-4-2)9-12(13)10-11/h9H,3-8,10H2,1-2H3. The van der Waals surface area contributed by atoms with E-state index < -0.39 is 0 Å². The summed E-state index contributed by atoms with van der Waals surface area (Å²) in [6.45, 7) is 5.16. The fraction of sp³-hybridized carbons (Fsp3) is 0.909. The maximum absolute atomic E-state index is 10.9. The van der Waals surface area contributed by atoms with Gasteiger partial charge in [0, 0.05) is 0 Å². The van der Waals surface area contributed by atoms with Crippen molar-refractivity contribution in [3.8, 4) is 0 Å². The zero-order valence-corrected chi connectivity index (χ0v) is 8.88. The van der Waals surface area contributed by atoms with Crippen LogP contribution in [0.2, 0.25) is 0 Å². The van der Waals surface area contributed by atoms with E-state index in [1.807, 2.05) is 6.21 Å². The molecule has 1 aliphatic heterocycles. The largest absolute Gasteiger partial charge is 0.624 e. The number of nitrogens with zero attached hydrogens (tertiary/aromatic N) is 1. The Morgan fingerprint density at radius 1 is 1.23 bits per heavy atom. The van der Waals surface area contributed by atoms with Gasteiger partial charge < -0.3 is 5.21 Å². The highest BCUT2D eigenvalue weighted by Crippen LogP contribution is 2.33. The molecule has 1 heterocycles. The van der Waals surface area contributed by atoms with Gasteiger partial charge in [0.05, 0.1) is 0 Å². The van der Waals surface area contributed by atoms with Crippen molar-refractivity contribution in [2.45, 2.75) is 52.4 Å². The molecule has 0 aromatic heterocycles. The molecule has 0 radical (unpaired) electrons. The Balaban J connectivity index is 2.37. The van der Waals surface area contributed by atoms with Crippen LogP contribution in [0.4, 0.5) is 0 Å². The minimum Gasteiger partial charge on any atom is -0.624 e. The summed E-state index contributed by atoms with van der Waals surface area (Å²) in [6, 6.07) is 0. The summed E-state index contributed by atoms with van der Waals surface area (Å²) in [7, 11) is 0. The van der Waals surface area contributed by atoms with Crippen molar-refractivity contribution in [1.82, 2.24) is 0 Å². The fourth-order valence-electron chi connectivity index (χ4n) is 2.06. The first kappa shape index (κ1) is 10.6. The number of hydroxylamine groups is 1. The Hall–Kier alpha value is -0.530. The van der Waals surface area contributed by atoms with E-state index in [2.05, 4.69) is 13.8 Å². The molecule has 0 aromatic rings. The van der Waals surface area contributed by atoms with Crippen LogP contribution >= 0.6 is 0 Å². The van der Waals surface area contributed by atoms with Gasteiger partial charge in [0.1, 0.15) is 5.41 Å². The van der Waals surface area contributed by atoms with Crippen LogP contribution in [0.1, 0.15) is 52.4 Å². The minimum absolute atomic E-state index is 0.285. The van der Waals surface area contributed by atoms with Crippen LogP contribution in [0.25, 0.3) is 0 Å². The average molecular weight is 183 g/mol. The minimum atomic E-state index is 0.285. The maximum Gasteiger partial charge on any atom is 0.167 e. The van der Waals surface area contributed by atoms with Gasteiger partial charge in [-0.15, -0.1) is 0 Å². The molecule has 0 fully saturated rings. The van der Waals surface area contributed by atoms with Gasteiger partial charge in [-0.1, -0.05) is 39.5 Å². The van der Waals surface area contributed by atoms with E-state index >= 15 is 0 Å². The van der Waals surface area contributed by atoms with Gasteiger partial charge in [-0.3, -0.25) is 0 Å². The molecule has 1 aliphatic rings. The van der Waals surface area contributed by atoms with E-state index in [4.69, 9.17) is 0 Å². The Labute approximate surface area is 81.2 Å². The van der Waals surface area contributed by atoms with Crippen LogP contribution in [0.3, 0.4) is 0 Å². The summed E-state index contributed by atoms with van der Waals surface area (Å²) < 4.78 is 1.09. The zero-order valence-electron chi connectivity index (χ0n) is 8.88. The third-order valence-electron chi connectivity index (χ3n) is 2.95. The summed E-state index contributed by atoms with van der Waals surface area (Å²) in [5, 5.41) is 10.9. The molecular formula is C11H21NO. The third kappa shape index (κ3) is 2.71. The highest BCUT2D eigenvalue weighted by Gasteiger charge is 2.41. The van der Waals surface area contributed by atoms with Crippen molar-refractivity contribution in [2.24, 2.45) is 5.41 Å². The third-order valence-corrected chi connectivity index (χ3v) is 2.95. The predicted octanol–water partition coefficient (Wildman–Crippen LogP) is 2.95. The quantitative estimate of drug-likeness (QED) is 0.459. The van der Waals surface area contributed by atoms with Crippen LogP contribution in [0.5, 0.6) is 0 Å². The van der Waals surface area contributed by atoms with Crippen LogP contribution in [0.15, 0.2) is 0 Å². The molecule has 2 heteroatoms. The molecule has 0 unspecified atom stereocenters. The summed E-state index contributed by atoms with van der Waals surface area (Å²) >= 11 is 0. The summed E-state index contributed by atoms with van der Waals surface area (Å²) in [4.78, 5) is 0. The molecule has 0 atom stereocenters. The molecule has 76 valence electrons. The Bertz CT molecular complexity index is 179. The molecule has 0 spiro atoms. The summed E-state index contributed by atoms with van der Waals surface area (Å²) in [5.41, 5.74) is 0.285. The second-order valence-electron chi connectivity index (χ2n) is 4.27. The first-order valence-corrected chi connectivity index (χ1v) is 5.52. The first-order valence-electron chi connectivity index (χ1n) is 5.52. The van der Waals surface area contributed by atoms with Crippen molar-refractivity contribution < 1.29 is 4.74 Å². The Morgan fingerprint density at radius 3 is 2.00 bits per heavy atom. The fourth-order valence-corrected chi connectivity index (χ4v) is 2.06. The lowest BCUT2D eigenvalue weighted by atomic mass is 9.76. The summed E-state index contributed by atoms with van der Waals surface area (Å²) in [6.07, 6.45) is 9.31. The molecule has 1 rings (SSSR count). The van der Waals surface area contributed by atoms with Gasteiger partial charge in [0.25, 0.3) is 0 Å². The molecule has 0 amide bonds. The van der Waals surface area contributed by atoms with Crippen molar-refractivity contribution in [3.05, 3.63) is 5.21 Å². The summed E-state index contributed by atoms with van der Waals surface area (Å²) in [5.74, 6) is 0. The van der Waals surface area contributed by atoms with E-state index in [9.17, 15) is 5.21 Å². The van der Waals surface area contributed by atoms with Crippen LogP contribution in [0, 0.1) is 10.6 Å². The number of hydrogen-bond acceptors (Lipinski definition) is 1. The van der Waals surface area contributed by atoms with E-state index in [0.717, 1.165) is 11.3 Å². The van der Waals surface area contributed by atoms with E-state index in [0.29, 0.717) is 0 Å². The predicted molar refractivity (Wildman–Crippen MR) is 56.0 cm³/mol. The maximum atomic E-state index is 10.9. The molecule has 2 nitrogen and oxygen atoms in total. The normalized spacial score (nSPS) is 19.4. The molecule has 0 aromatic carbocycles. The molecule has 0 aliphatic carbocycles. The van der Waals surface area contributed by atoms with Crippen molar-refractivity contribution in [1.29, 1.82) is 0 Å². The topological polar surface area (TPSA) is 26.1 Å². The number of hydrogen-bond donors (Lipinski definition) is 0. The van der Waals surface area contributed by atoms with Crippen molar-refractivity contribution >= 4 is 6.21 Å². The Kier molecular flexibility index (Phi) is 3.76. The SMILES string of the molecule is CCCCC1(CCCC)C=[N+]([O-])C1. The Morgan fingerprint density at radius 2 is 1.69 bits per heavy atom. The molecule has 0 N–H and O–H groups in total. The number of unbranched alkanes of at least 4 members (excludes halogenated alkanes) is 2. The smallest absolute Gasteiger partial charge is 0.167 e. The second kappa shape index (κ2) is 4.64. The van der Waals surface area contributed by atoms with Gasteiger partial charge in [-0.05, 0) is 12.8 Å². The monoisotopic (exact) mass is 183 g/mol. The first-order chi connectivity index (χ1) is 6.22. The van der Waals surface area contributed by atoms with Crippen LogP contribution < -0.4 is 0 Å². The van der Waals surface area contributed by atoms with E-state index in [-0.39, 0.29) is 5.41 Å². The van der Waals surface area contributed by atoms with Crippen molar-refractivity contribution in [3.63, 3.8) is 0 Å². The zero-order chi connectivity index (χ0) is 9.73. The van der Waals surface area contributed by atoms with Gasteiger partial charge in [0.2, 0.25) is 0 Å². The molecule has 13 heavy (non-hydrogen) atoms. The lowest BCUT2D eigenvalue weighted by Gasteiger charge is -2.34. The van der Waals surface area contributed by atoms with Gasteiger partial charge >= 0.3 is 0 Å². The molecule has 0 saturated carbocycles. The van der Waals surface area contributed by atoms with Crippen molar-refractivity contribution in [2.75, 3.05) is 6.54 Å².